The molecule has 0 spiro atoms. The third-order valence-corrected chi connectivity index (χ3v) is 6.44. The summed E-state index contributed by atoms with van der Waals surface area (Å²) in [5.74, 6) is 1.16. The van der Waals surface area contributed by atoms with Gasteiger partial charge in [0.2, 0.25) is 0 Å². The molecule has 2 fully saturated rings. The number of benzene rings is 3. The lowest BCUT2D eigenvalue weighted by Gasteiger charge is -2.18. The molecule has 6 heteroatoms. The molecule has 2 aliphatic rings. The number of hydrogen-bond acceptors (Lipinski definition) is 5. The van der Waals surface area contributed by atoms with Gasteiger partial charge in [0, 0.05) is 23.5 Å². The largest absolute Gasteiger partial charge is 0.457 e. The predicted octanol–water partition coefficient (Wildman–Crippen LogP) is 4.57. The number of carbonyl (C=O) groups excluding carboxylic acids is 2. The van der Waals surface area contributed by atoms with Crippen LogP contribution in [-0.2, 0) is 9.47 Å². The summed E-state index contributed by atoms with van der Waals surface area (Å²) in [7, 11) is 0. The Bertz CT molecular complexity index is 1180. The second-order valence-electron chi connectivity index (χ2n) is 8.82. The van der Waals surface area contributed by atoms with Crippen LogP contribution in [-0.4, -0.2) is 43.2 Å². The van der Waals surface area contributed by atoms with Gasteiger partial charge in [-0.15, -0.1) is 0 Å². The van der Waals surface area contributed by atoms with E-state index < -0.39 is 0 Å². The van der Waals surface area contributed by atoms with Crippen molar-refractivity contribution in [2.45, 2.75) is 31.6 Å². The Labute approximate surface area is 198 Å². The zero-order valence-corrected chi connectivity index (χ0v) is 19.0. The highest BCUT2D eigenvalue weighted by Crippen LogP contribution is 2.34. The van der Waals surface area contributed by atoms with Crippen molar-refractivity contribution < 1.29 is 23.8 Å². The van der Waals surface area contributed by atoms with Crippen LogP contribution in [0.25, 0.3) is 0 Å². The first kappa shape index (κ1) is 22.3. The molecule has 2 aliphatic heterocycles. The molecule has 174 valence electrons. The number of rotatable bonds is 7. The number of ether oxygens (including phenoxy) is 3. The van der Waals surface area contributed by atoms with Crippen molar-refractivity contribution in [1.82, 2.24) is 5.32 Å². The first-order valence-corrected chi connectivity index (χ1v) is 11.5. The van der Waals surface area contributed by atoms with Gasteiger partial charge in [0.15, 0.2) is 5.78 Å². The van der Waals surface area contributed by atoms with E-state index in [4.69, 9.17) is 14.2 Å². The van der Waals surface area contributed by atoms with Crippen LogP contribution in [0.15, 0.2) is 78.9 Å². The van der Waals surface area contributed by atoms with Gasteiger partial charge in [-0.3, -0.25) is 9.59 Å². The van der Waals surface area contributed by atoms with E-state index in [-0.39, 0.29) is 35.9 Å². The number of amides is 1. The number of ketones is 1. The lowest BCUT2D eigenvalue weighted by Crippen LogP contribution is -2.44. The molecule has 0 radical (unpaired) electrons. The highest BCUT2D eigenvalue weighted by molar-refractivity contribution is 5.97. The van der Waals surface area contributed by atoms with Crippen LogP contribution >= 0.6 is 0 Å². The van der Waals surface area contributed by atoms with Crippen LogP contribution in [0, 0.1) is 12.8 Å². The fourth-order valence-electron chi connectivity index (χ4n) is 4.66. The number of aryl methyl sites for hydroxylation is 1. The minimum atomic E-state index is -0.251. The van der Waals surface area contributed by atoms with Crippen LogP contribution in [0.1, 0.15) is 32.7 Å². The normalized spacial score (nSPS) is 23.3. The highest BCUT2D eigenvalue weighted by atomic mass is 16.6. The van der Waals surface area contributed by atoms with Gasteiger partial charge in [-0.05, 0) is 42.8 Å². The van der Waals surface area contributed by atoms with Gasteiger partial charge >= 0.3 is 0 Å². The first-order chi connectivity index (χ1) is 16.6. The Hall–Kier alpha value is -3.48. The maximum atomic E-state index is 13.0. The maximum Gasteiger partial charge on any atom is 0.251 e. The quantitative estimate of drug-likeness (QED) is 0.526. The Morgan fingerprint density at radius 1 is 0.882 bits per heavy atom. The Kier molecular flexibility index (Phi) is 6.43. The molecule has 2 saturated heterocycles. The smallest absolute Gasteiger partial charge is 0.251 e. The summed E-state index contributed by atoms with van der Waals surface area (Å²) in [5, 5.41) is 3.05. The molecule has 5 rings (SSSR count). The second kappa shape index (κ2) is 9.79. The molecule has 4 atom stereocenters. The molecule has 0 saturated carbocycles. The molecule has 34 heavy (non-hydrogen) atoms. The fourth-order valence-corrected chi connectivity index (χ4v) is 4.66. The predicted molar refractivity (Wildman–Crippen MR) is 127 cm³/mol. The molecule has 3 aromatic rings. The van der Waals surface area contributed by atoms with E-state index in [9.17, 15) is 9.59 Å². The van der Waals surface area contributed by atoms with E-state index in [0.717, 1.165) is 11.3 Å². The van der Waals surface area contributed by atoms with Crippen molar-refractivity contribution in [2.75, 3.05) is 13.2 Å². The van der Waals surface area contributed by atoms with E-state index in [1.807, 2.05) is 73.7 Å². The summed E-state index contributed by atoms with van der Waals surface area (Å²) in [6.07, 6.45) is -0.151. The van der Waals surface area contributed by atoms with E-state index in [1.54, 1.807) is 12.1 Å². The molecule has 6 nitrogen and oxygen atoms in total. The third kappa shape index (κ3) is 4.74. The molecule has 0 aromatic heterocycles. The standard InChI is InChI=1S/C28H27NO5/c1-18-8-5-6-13-23(18)28(31)29-24-17-33-26-20(16-32-27(24)26)15-25(30)19-9-7-12-22(14-19)34-21-10-3-2-4-11-21/h2-14,20,24,26-27H,15-17H2,1H3,(H,29,31). The Morgan fingerprint density at radius 3 is 2.44 bits per heavy atom. The first-order valence-electron chi connectivity index (χ1n) is 11.5. The van der Waals surface area contributed by atoms with Crippen molar-refractivity contribution in [3.05, 3.63) is 95.6 Å². The van der Waals surface area contributed by atoms with Gasteiger partial charge in [-0.1, -0.05) is 48.5 Å². The van der Waals surface area contributed by atoms with Gasteiger partial charge in [0.1, 0.15) is 17.6 Å². The SMILES string of the molecule is Cc1ccccc1C(=O)NC1COC2C(CC(=O)c3cccc(Oc4ccccc4)c3)COC12. The molecule has 1 amide bonds. The monoisotopic (exact) mass is 457 g/mol. The van der Waals surface area contributed by atoms with E-state index in [0.29, 0.717) is 36.5 Å². The molecule has 1 N–H and O–H groups in total. The zero-order chi connectivity index (χ0) is 23.5. The van der Waals surface area contributed by atoms with Crippen molar-refractivity contribution >= 4 is 11.7 Å². The number of hydrogen-bond donors (Lipinski definition) is 1. The minimum absolute atomic E-state index is 0.0174. The van der Waals surface area contributed by atoms with E-state index in [1.165, 1.54) is 0 Å². The number of Topliss-reactive ketones (excluding diaryl/α,β-unsaturated/α-hetero) is 1. The summed E-state index contributed by atoms with van der Waals surface area (Å²) in [6, 6.07) is 23.9. The van der Waals surface area contributed by atoms with Crippen LogP contribution in [0.5, 0.6) is 11.5 Å². The lowest BCUT2D eigenvalue weighted by molar-refractivity contribution is 0.0591. The molecular weight excluding hydrogens is 430 g/mol. The number of nitrogens with one attached hydrogen (secondary N) is 1. The van der Waals surface area contributed by atoms with Crippen molar-refractivity contribution in [3.63, 3.8) is 0 Å². The van der Waals surface area contributed by atoms with Crippen molar-refractivity contribution in [2.24, 2.45) is 5.92 Å². The fraction of sp³-hybridized carbons (Fsp3) is 0.286. The van der Waals surface area contributed by atoms with Crippen LogP contribution in [0.2, 0.25) is 0 Å². The molecule has 4 unspecified atom stereocenters. The minimum Gasteiger partial charge on any atom is -0.457 e. The van der Waals surface area contributed by atoms with Gasteiger partial charge in [0.05, 0.1) is 25.4 Å². The maximum absolute atomic E-state index is 13.0. The number of fused-ring (bicyclic) bond motifs is 1. The average Bonchev–Trinajstić information content (AvgIpc) is 3.43. The molecule has 3 aromatic carbocycles. The lowest BCUT2D eigenvalue weighted by atomic mass is 9.92. The molecular formula is C28H27NO5. The topological polar surface area (TPSA) is 73.9 Å². The van der Waals surface area contributed by atoms with Crippen molar-refractivity contribution in [1.29, 1.82) is 0 Å². The Morgan fingerprint density at radius 2 is 1.62 bits per heavy atom. The third-order valence-electron chi connectivity index (χ3n) is 6.44. The molecule has 2 heterocycles. The Balaban J connectivity index is 1.20. The van der Waals surface area contributed by atoms with E-state index in [2.05, 4.69) is 5.32 Å². The second-order valence-corrected chi connectivity index (χ2v) is 8.82. The zero-order valence-electron chi connectivity index (χ0n) is 19.0. The number of carbonyl (C=O) groups is 2. The summed E-state index contributed by atoms with van der Waals surface area (Å²) < 4.78 is 17.8. The number of para-hydroxylation sites is 1. The van der Waals surface area contributed by atoms with Gasteiger partial charge in [-0.2, -0.15) is 0 Å². The molecule has 0 aliphatic carbocycles. The summed E-state index contributed by atoms with van der Waals surface area (Å²) in [4.78, 5) is 25.8. The highest BCUT2D eigenvalue weighted by Gasteiger charge is 2.48. The van der Waals surface area contributed by atoms with Crippen LogP contribution in [0.4, 0.5) is 0 Å². The van der Waals surface area contributed by atoms with Gasteiger partial charge < -0.3 is 19.5 Å². The van der Waals surface area contributed by atoms with Gasteiger partial charge in [0.25, 0.3) is 5.91 Å². The van der Waals surface area contributed by atoms with Crippen LogP contribution < -0.4 is 10.1 Å². The summed E-state index contributed by atoms with van der Waals surface area (Å²) >= 11 is 0. The van der Waals surface area contributed by atoms with Crippen molar-refractivity contribution in [3.8, 4) is 11.5 Å². The van der Waals surface area contributed by atoms with Gasteiger partial charge in [-0.25, -0.2) is 0 Å². The molecule has 0 bridgehead atoms. The average molecular weight is 458 g/mol. The summed E-state index contributed by atoms with van der Waals surface area (Å²) in [6.45, 7) is 2.71. The van der Waals surface area contributed by atoms with Crippen LogP contribution in [0.3, 0.4) is 0 Å². The summed E-state index contributed by atoms with van der Waals surface area (Å²) in [5.41, 5.74) is 2.16. The van der Waals surface area contributed by atoms with E-state index >= 15 is 0 Å².